The fourth-order valence-electron chi connectivity index (χ4n) is 1.89. The van der Waals surface area contributed by atoms with Crippen molar-refractivity contribution in [1.29, 1.82) is 0 Å². The summed E-state index contributed by atoms with van der Waals surface area (Å²) in [6, 6.07) is 12.9. The Morgan fingerprint density at radius 2 is 1.50 bits per heavy atom. The molecule has 1 unspecified atom stereocenters. The summed E-state index contributed by atoms with van der Waals surface area (Å²) in [4.78, 5) is 0. The molecule has 18 heavy (non-hydrogen) atoms. The predicted octanol–water partition coefficient (Wildman–Crippen LogP) is 3.63. The lowest BCUT2D eigenvalue weighted by molar-refractivity contribution is 0.167. The van der Waals surface area contributed by atoms with Crippen molar-refractivity contribution in [3.05, 3.63) is 71.3 Å². The molecule has 0 amide bonds. The molecule has 0 radical (unpaired) electrons. The molecule has 0 aromatic heterocycles. The standard InChI is InChI=1S/C15H14F2O/c16-13-7-4-8-14(17)12(13)9-10-15(18)11-5-2-1-3-6-11/h1-8,15,18H,9-10H2. The Kier molecular flexibility index (Phi) is 4.05. The van der Waals surface area contributed by atoms with Gasteiger partial charge in [-0.1, -0.05) is 36.4 Å². The number of benzene rings is 2. The minimum atomic E-state index is -0.704. The highest BCUT2D eigenvalue weighted by Gasteiger charge is 2.12. The molecule has 1 N–H and O–H groups in total. The summed E-state index contributed by atoms with van der Waals surface area (Å²) in [6.45, 7) is 0. The number of aliphatic hydroxyl groups excluding tert-OH is 1. The zero-order valence-corrected chi connectivity index (χ0v) is 9.81. The topological polar surface area (TPSA) is 20.2 Å². The summed E-state index contributed by atoms with van der Waals surface area (Å²) >= 11 is 0. The fraction of sp³-hybridized carbons (Fsp3) is 0.200. The third kappa shape index (κ3) is 2.93. The van der Waals surface area contributed by atoms with Gasteiger partial charge in [0.15, 0.2) is 0 Å². The van der Waals surface area contributed by atoms with Crippen molar-refractivity contribution in [3.63, 3.8) is 0 Å². The maximum atomic E-state index is 13.4. The largest absolute Gasteiger partial charge is 0.388 e. The number of aliphatic hydroxyl groups is 1. The van der Waals surface area contributed by atoms with Crippen molar-refractivity contribution in [3.8, 4) is 0 Å². The molecule has 2 aromatic carbocycles. The molecule has 1 atom stereocenters. The first-order valence-electron chi connectivity index (χ1n) is 5.84. The van der Waals surface area contributed by atoms with Crippen molar-refractivity contribution >= 4 is 0 Å². The lowest BCUT2D eigenvalue weighted by Gasteiger charge is -2.11. The summed E-state index contributed by atoms with van der Waals surface area (Å²) in [7, 11) is 0. The van der Waals surface area contributed by atoms with Crippen LogP contribution in [0.3, 0.4) is 0 Å². The van der Waals surface area contributed by atoms with E-state index in [9.17, 15) is 13.9 Å². The van der Waals surface area contributed by atoms with E-state index < -0.39 is 17.7 Å². The third-order valence-corrected chi connectivity index (χ3v) is 2.91. The second-order valence-corrected chi connectivity index (χ2v) is 4.17. The average molecular weight is 248 g/mol. The Morgan fingerprint density at radius 1 is 0.889 bits per heavy atom. The molecule has 0 spiro atoms. The number of halogens is 2. The lowest BCUT2D eigenvalue weighted by atomic mass is 10.0. The minimum absolute atomic E-state index is 0.0347. The van der Waals surface area contributed by atoms with Gasteiger partial charge in [-0.3, -0.25) is 0 Å². The van der Waals surface area contributed by atoms with E-state index in [2.05, 4.69) is 0 Å². The van der Waals surface area contributed by atoms with Gasteiger partial charge in [-0.05, 0) is 30.5 Å². The molecule has 1 nitrogen and oxygen atoms in total. The Hall–Kier alpha value is -1.74. The van der Waals surface area contributed by atoms with Gasteiger partial charge in [0.1, 0.15) is 11.6 Å². The van der Waals surface area contributed by atoms with Gasteiger partial charge >= 0.3 is 0 Å². The Bertz CT molecular complexity index is 491. The lowest BCUT2D eigenvalue weighted by Crippen LogP contribution is -2.02. The number of rotatable bonds is 4. The predicted molar refractivity (Wildman–Crippen MR) is 66.1 cm³/mol. The van der Waals surface area contributed by atoms with Crippen LogP contribution in [0.2, 0.25) is 0 Å². The molecular formula is C15H14F2O. The summed E-state index contributed by atoms with van der Waals surface area (Å²) in [5, 5.41) is 9.92. The van der Waals surface area contributed by atoms with Crippen LogP contribution in [-0.4, -0.2) is 5.11 Å². The Balaban J connectivity index is 2.04. The van der Waals surface area contributed by atoms with Crippen molar-refractivity contribution in [2.45, 2.75) is 18.9 Å². The van der Waals surface area contributed by atoms with E-state index in [1.165, 1.54) is 18.2 Å². The van der Waals surface area contributed by atoms with Gasteiger partial charge in [0.25, 0.3) is 0 Å². The van der Waals surface area contributed by atoms with Crippen molar-refractivity contribution < 1.29 is 13.9 Å². The molecular weight excluding hydrogens is 234 g/mol. The van der Waals surface area contributed by atoms with Gasteiger partial charge in [0.05, 0.1) is 6.10 Å². The zero-order valence-electron chi connectivity index (χ0n) is 9.81. The van der Waals surface area contributed by atoms with Crippen LogP contribution in [0.1, 0.15) is 23.7 Å². The van der Waals surface area contributed by atoms with Crippen molar-refractivity contribution in [2.75, 3.05) is 0 Å². The molecule has 0 aliphatic rings. The van der Waals surface area contributed by atoms with Crippen LogP contribution in [0, 0.1) is 11.6 Å². The summed E-state index contributed by atoms with van der Waals surface area (Å²) < 4.78 is 26.8. The molecule has 0 aliphatic heterocycles. The highest BCUT2D eigenvalue weighted by molar-refractivity contribution is 5.21. The third-order valence-electron chi connectivity index (χ3n) is 2.91. The van der Waals surface area contributed by atoms with Crippen LogP contribution in [0.4, 0.5) is 8.78 Å². The minimum Gasteiger partial charge on any atom is -0.388 e. The quantitative estimate of drug-likeness (QED) is 0.876. The monoisotopic (exact) mass is 248 g/mol. The second-order valence-electron chi connectivity index (χ2n) is 4.17. The highest BCUT2D eigenvalue weighted by atomic mass is 19.1. The van der Waals surface area contributed by atoms with Crippen LogP contribution in [0.25, 0.3) is 0 Å². The normalized spacial score (nSPS) is 12.4. The molecule has 2 aromatic rings. The molecule has 0 fully saturated rings. The smallest absolute Gasteiger partial charge is 0.129 e. The molecule has 0 heterocycles. The van der Waals surface area contributed by atoms with Gasteiger partial charge in [-0.2, -0.15) is 0 Å². The molecule has 0 saturated heterocycles. The zero-order chi connectivity index (χ0) is 13.0. The summed E-state index contributed by atoms with van der Waals surface area (Å²) in [6.07, 6.45) is -0.235. The van der Waals surface area contributed by atoms with Gasteiger partial charge in [-0.25, -0.2) is 8.78 Å². The maximum absolute atomic E-state index is 13.4. The summed E-state index contributed by atoms with van der Waals surface area (Å²) in [5.74, 6) is -1.12. The van der Waals surface area contributed by atoms with Crippen LogP contribution >= 0.6 is 0 Å². The van der Waals surface area contributed by atoms with Crippen molar-refractivity contribution in [1.82, 2.24) is 0 Å². The maximum Gasteiger partial charge on any atom is 0.129 e. The second kappa shape index (κ2) is 5.74. The van der Waals surface area contributed by atoms with E-state index in [0.29, 0.717) is 6.42 Å². The van der Waals surface area contributed by atoms with Crippen LogP contribution in [-0.2, 0) is 6.42 Å². The van der Waals surface area contributed by atoms with E-state index in [4.69, 9.17) is 0 Å². The molecule has 94 valence electrons. The molecule has 0 bridgehead atoms. The van der Waals surface area contributed by atoms with Gasteiger partial charge in [0, 0.05) is 5.56 Å². The summed E-state index contributed by atoms with van der Waals surface area (Å²) in [5.41, 5.74) is 0.793. The molecule has 2 rings (SSSR count). The van der Waals surface area contributed by atoms with E-state index in [1.807, 2.05) is 18.2 Å². The number of hydrogen-bond donors (Lipinski definition) is 1. The average Bonchev–Trinajstić information content (AvgIpc) is 2.39. The Labute approximate surface area is 105 Å². The Morgan fingerprint density at radius 3 is 2.11 bits per heavy atom. The van der Waals surface area contributed by atoms with Gasteiger partial charge in [0.2, 0.25) is 0 Å². The van der Waals surface area contributed by atoms with E-state index in [0.717, 1.165) is 5.56 Å². The highest BCUT2D eigenvalue weighted by Crippen LogP contribution is 2.21. The first-order chi connectivity index (χ1) is 8.68. The number of hydrogen-bond acceptors (Lipinski definition) is 1. The van der Waals surface area contributed by atoms with Crippen LogP contribution < -0.4 is 0 Å². The fourth-order valence-corrected chi connectivity index (χ4v) is 1.89. The molecule has 0 saturated carbocycles. The van der Waals surface area contributed by atoms with Gasteiger partial charge in [-0.15, -0.1) is 0 Å². The molecule has 3 heteroatoms. The first-order valence-corrected chi connectivity index (χ1v) is 5.84. The van der Waals surface area contributed by atoms with Crippen LogP contribution in [0.15, 0.2) is 48.5 Å². The SMILES string of the molecule is OC(CCc1c(F)cccc1F)c1ccccc1. The van der Waals surface area contributed by atoms with Gasteiger partial charge < -0.3 is 5.11 Å². The van der Waals surface area contributed by atoms with E-state index in [-0.39, 0.29) is 12.0 Å². The van der Waals surface area contributed by atoms with Crippen LogP contribution in [0.5, 0.6) is 0 Å². The van der Waals surface area contributed by atoms with E-state index in [1.54, 1.807) is 12.1 Å². The first kappa shape index (κ1) is 12.7. The van der Waals surface area contributed by atoms with Crippen molar-refractivity contribution in [2.24, 2.45) is 0 Å². The van der Waals surface area contributed by atoms with E-state index >= 15 is 0 Å². The molecule has 0 aliphatic carbocycles.